The number of likely N-dealkylation sites (N-methyl/N-ethyl adjacent to an activating group) is 2. The molecule has 0 aliphatic rings. The van der Waals surface area contributed by atoms with E-state index in [1.807, 2.05) is 0 Å². The lowest BCUT2D eigenvalue weighted by molar-refractivity contribution is -0.119. The molecule has 0 radical (unpaired) electrons. The van der Waals surface area contributed by atoms with Gasteiger partial charge >= 0.3 is 0 Å². The van der Waals surface area contributed by atoms with Gasteiger partial charge in [0.1, 0.15) is 11.6 Å². The van der Waals surface area contributed by atoms with Crippen molar-refractivity contribution in [2.24, 2.45) is 0 Å². The van der Waals surface area contributed by atoms with Gasteiger partial charge < -0.3 is 15.2 Å². The molecule has 24 heavy (non-hydrogen) atoms. The van der Waals surface area contributed by atoms with E-state index >= 15 is 0 Å². The van der Waals surface area contributed by atoms with Crippen LogP contribution in [0.15, 0.2) is 0 Å². The van der Waals surface area contributed by atoms with Crippen molar-refractivity contribution in [1.82, 2.24) is 15.7 Å². The molecule has 0 spiro atoms. The van der Waals surface area contributed by atoms with Crippen molar-refractivity contribution in [3.05, 3.63) is 0 Å². The van der Waals surface area contributed by atoms with Crippen molar-refractivity contribution in [3.63, 3.8) is 0 Å². The first-order chi connectivity index (χ1) is 11.3. The van der Waals surface area contributed by atoms with Crippen LogP contribution in [0.25, 0.3) is 0 Å². The molecule has 0 saturated carbocycles. The molecule has 0 aliphatic carbocycles. The summed E-state index contributed by atoms with van der Waals surface area (Å²) in [6.07, 6.45) is 0.951. The third-order valence-corrected chi connectivity index (χ3v) is 7.17. The number of carbonyl (C=O) groups excluding carboxylic acids is 2. The topological polar surface area (TPSA) is 96.5 Å². The quantitative estimate of drug-likeness (QED) is 0.288. The number of nitrogens with one attached hydrogen (secondary N) is 3. The Balaban J connectivity index is 4.32. The Morgan fingerprint density at radius 3 is 2.17 bits per heavy atom. The summed E-state index contributed by atoms with van der Waals surface area (Å²) in [6, 6.07) is -0.421. The molecule has 0 heterocycles. The fourth-order valence-corrected chi connectivity index (χ4v) is 5.66. The van der Waals surface area contributed by atoms with E-state index in [1.165, 1.54) is 6.92 Å². The van der Waals surface area contributed by atoms with E-state index in [0.717, 1.165) is 0 Å². The fraction of sp³-hybridized carbons (Fsp3) is 0.867. The number of carbonyl (C=O) groups is 2. The molecule has 9 heteroatoms. The second-order valence-electron chi connectivity index (χ2n) is 5.49. The van der Waals surface area contributed by atoms with Gasteiger partial charge in [-0.3, -0.25) is 14.2 Å². The summed E-state index contributed by atoms with van der Waals surface area (Å²) in [5, 5.41) is 8.89. The molecule has 3 atom stereocenters. The van der Waals surface area contributed by atoms with Crippen LogP contribution in [0, 0.1) is 0 Å². The van der Waals surface area contributed by atoms with E-state index < -0.39 is 7.52 Å². The smallest absolute Gasteiger partial charge is 0.270 e. The van der Waals surface area contributed by atoms with E-state index in [4.69, 9.17) is 4.52 Å². The molecule has 0 aliphatic heterocycles. The number of hydrogen-bond acceptors (Lipinski definition) is 7. The average molecular weight is 381 g/mol. The number of rotatable bonds is 15. The summed E-state index contributed by atoms with van der Waals surface area (Å²) >= 11 is 1.57. The van der Waals surface area contributed by atoms with Crippen molar-refractivity contribution in [1.29, 1.82) is 0 Å². The Hall–Kier alpha value is -0.240. The first kappa shape index (κ1) is 23.8. The minimum atomic E-state index is -2.92. The molecule has 3 N–H and O–H groups in total. The van der Waals surface area contributed by atoms with Gasteiger partial charge in [0.05, 0.1) is 18.7 Å². The number of Topliss-reactive ketones (excluding diaryl/α,β-unsaturated/α-hetero) is 2. The minimum absolute atomic E-state index is 0.0587. The van der Waals surface area contributed by atoms with Crippen LogP contribution in [0.4, 0.5) is 0 Å². The van der Waals surface area contributed by atoms with Gasteiger partial charge in [0.25, 0.3) is 7.52 Å². The molecule has 0 saturated heterocycles. The first-order valence-corrected chi connectivity index (χ1v) is 11.2. The maximum atomic E-state index is 12.8. The Morgan fingerprint density at radius 1 is 1.12 bits per heavy atom. The van der Waals surface area contributed by atoms with Crippen molar-refractivity contribution in [2.45, 2.75) is 39.3 Å². The van der Waals surface area contributed by atoms with Gasteiger partial charge in [-0.1, -0.05) is 0 Å². The summed E-state index contributed by atoms with van der Waals surface area (Å²) < 4.78 is 18.2. The van der Waals surface area contributed by atoms with Gasteiger partial charge in [0, 0.05) is 24.2 Å². The Bertz CT molecular complexity index is 437. The monoisotopic (exact) mass is 381 g/mol. The maximum absolute atomic E-state index is 12.8. The van der Waals surface area contributed by atoms with Crippen LogP contribution in [-0.4, -0.2) is 68.6 Å². The highest BCUT2D eigenvalue weighted by Gasteiger charge is 2.23. The van der Waals surface area contributed by atoms with Crippen molar-refractivity contribution in [3.8, 4) is 0 Å². The van der Waals surface area contributed by atoms with Crippen LogP contribution in [0.2, 0.25) is 0 Å². The van der Waals surface area contributed by atoms with Crippen LogP contribution in [0.1, 0.15) is 27.2 Å². The van der Waals surface area contributed by atoms with Gasteiger partial charge in [-0.2, -0.15) is 11.8 Å². The van der Waals surface area contributed by atoms with Gasteiger partial charge in [-0.15, -0.1) is 0 Å². The van der Waals surface area contributed by atoms with Crippen LogP contribution in [0.5, 0.6) is 0 Å². The van der Waals surface area contributed by atoms with E-state index in [-0.39, 0.29) is 23.7 Å². The molecule has 0 bridgehead atoms. The SMILES string of the molecule is CCOP(=O)(CCSC[C@H](NC)C(C)=O)NCC[C@H](NC)C(C)=O. The molecule has 0 aromatic carbocycles. The van der Waals surface area contributed by atoms with Crippen LogP contribution in [-0.2, 0) is 18.7 Å². The van der Waals surface area contributed by atoms with Gasteiger partial charge in [-0.25, -0.2) is 5.09 Å². The summed E-state index contributed by atoms with van der Waals surface area (Å²) in [4.78, 5) is 22.7. The van der Waals surface area contributed by atoms with E-state index in [9.17, 15) is 14.2 Å². The van der Waals surface area contributed by atoms with Gasteiger partial charge in [0.15, 0.2) is 0 Å². The highest BCUT2D eigenvalue weighted by atomic mass is 32.2. The summed E-state index contributed by atoms with van der Waals surface area (Å²) in [5.41, 5.74) is 0. The average Bonchev–Trinajstić information content (AvgIpc) is 2.51. The highest BCUT2D eigenvalue weighted by Crippen LogP contribution is 2.42. The van der Waals surface area contributed by atoms with Crippen LogP contribution in [0.3, 0.4) is 0 Å². The lowest BCUT2D eigenvalue weighted by atomic mass is 10.1. The third-order valence-electron chi connectivity index (χ3n) is 3.62. The molecular weight excluding hydrogens is 349 g/mol. The lowest BCUT2D eigenvalue weighted by Gasteiger charge is -2.21. The fourth-order valence-electron chi connectivity index (χ4n) is 2.12. The van der Waals surface area contributed by atoms with Crippen LogP contribution >= 0.6 is 19.3 Å². The number of ketones is 2. The van der Waals surface area contributed by atoms with Crippen molar-refractivity contribution in [2.75, 3.05) is 44.9 Å². The standard InChI is InChI=1S/C15H32N3O4PS/c1-6-22-23(21,18-8-7-14(16-4)12(2)19)9-10-24-11-15(17-5)13(3)20/h14-17H,6-11H2,1-5H3,(H,18,21)/t14-,15-,23?/m0/s1. The summed E-state index contributed by atoms with van der Waals surface area (Å²) in [5.74, 6) is 1.43. The Labute approximate surface area is 149 Å². The molecule has 142 valence electrons. The van der Waals surface area contributed by atoms with Crippen molar-refractivity contribution < 1.29 is 18.7 Å². The predicted molar refractivity (Wildman–Crippen MR) is 101 cm³/mol. The lowest BCUT2D eigenvalue weighted by Crippen LogP contribution is -2.35. The predicted octanol–water partition coefficient (Wildman–Crippen LogP) is 1.28. The molecular formula is C15H32N3O4PS. The zero-order chi connectivity index (χ0) is 18.6. The highest BCUT2D eigenvalue weighted by molar-refractivity contribution is 7.99. The maximum Gasteiger partial charge on any atom is 0.270 e. The molecule has 7 nitrogen and oxygen atoms in total. The Kier molecular flexibility index (Phi) is 12.9. The molecule has 0 amide bonds. The molecule has 0 fully saturated rings. The number of hydrogen-bond donors (Lipinski definition) is 3. The van der Waals surface area contributed by atoms with E-state index in [1.54, 1.807) is 39.7 Å². The van der Waals surface area contributed by atoms with Gasteiger partial charge in [-0.05, 0) is 41.3 Å². The normalized spacial score (nSPS) is 16.4. The van der Waals surface area contributed by atoms with E-state index in [0.29, 0.717) is 37.2 Å². The second-order valence-corrected chi connectivity index (χ2v) is 9.01. The number of thioether (sulfide) groups is 1. The van der Waals surface area contributed by atoms with Crippen LogP contribution < -0.4 is 15.7 Å². The largest absolute Gasteiger partial charge is 0.318 e. The summed E-state index contributed by atoms with van der Waals surface area (Å²) in [6.45, 7) is 5.71. The third kappa shape index (κ3) is 9.91. The van der Waals surface area contributed by atoms with Gasteiger partial charge in [0.2, 0.25) is 0 Å². The first-order valence-electron chi connectivity index (χ1n) is 8.21. The second kappa shape index (κ2) is 13.0. The minimum Gasteiger partial charge on any atom is -0.318 e. The molecule has 0 aromatic heterocycles. The zero-order valence-corrected chi connectivity index (χ0v) is 17.1. The van der Waals surface area contributed by atoms with E-state index in [2.05, 4.69) is 15.7 Å². The molecule has 1 unspecified atom stereocenters. The molecule has 0 rings (SSSR count). The Morgan fingerprint density at radius 2 is 1.71 bits per heavy atom. The molecule has 0 aromatic rings. The summed E-state index contributed by atoms with van der Waals surface area (Å²) in [7, 11) is 0.567. The zero-order valence-electron chi connectivity index (χ0n) is 15.4. The van der Waals surface area contributed by atoms with Crippen molar-refractivity contribution >= 4 is 30.8 Å².